The van der Waals surface area contributed by atoms with Gasteiger partial charge in [0.15, 0.2) is 12.6 Å². The number of rotatable bonds is 57. The van der Waals surface area contributed by atoms with Crippen molar-refractivity contribution < 1.29 is 82.5 Å². The maximum atomic E-state index is 14.1. The van der Waals surface area contributed by atoms with Crippen LogP contribution in [0.25, 0.3) is 0 Å². The molecule has 0 bridgehead atoms. The Hall–Kier alpha value is -1.84. The second kappa shape index (κ2) is 51.7. The van der Waals surface area contributed by atoms with E-state index in [1.807, 2.05) is 0 Å². The van der Waals surface area contributed by atoms with E-state index in [0.717, 1.165) is 96.3 Å². The summed E-state index contributed by atoms with van der Waals surface area (Å²) < 4.78 is 47.7. The molecule has 2 saturated heterocycles. The van der Waals surface area contributed by atoms with Crippen LogP contribution in [0.15, 0.2) is 0 Å². The average molecular weight is 1250 g/mol. The van der Waals surface area contributed by atoms with Crippen LogP contribution in [0.4, 0.5) is 0 Å². The smallest absolute Gasteiger partial charge is 0.462 e. The first-order chi connectivity index (χ1) is 41.6. The highest BCUT2D eigenvalue weighted by Crippen LogP contribution is 2.42. The number of amides is 2. The number of unbranched alkanes of at least 4 members (excludes halogenated alkanes) is 35. The monoisotopic (exact) mass is 1250 g/mol. The van der Waals surface area contributed by atoms with Gasteiger partial charge in [-0.05, 0) is 32.1 Å². The molecular weight excluding hydrogens is 1120 g/mol. The molecule has 0 spiro atoms. The molecule has 0 aromatic carbocycles. The highest BCUT2D eigenvalue weighted by Gasteiger charge is 2.51. The van der Waals surface area contributed by atoms with Crippen molar-refractivity contribution in [2.75, 3.05) is 19.8 Å². The number of nitrogens with one attached hydrogen (secondary N) is 2. The number of aliphatic hydroxyl groups excluding tert-OH is 5. The zero-order valence-corrected chi connectivity index (χ0v) is 55.2. The zero-order valence-electron chi connectivity index (χ0n) is 54.3. The zero-order chi connectivity index (χ0) is 63.1. The Bertz CT molecular complexity index is 1700. The van der Waals surface area contributed by atoms with Crippen LogP contribution in [0.5, 0.6) is 0 Å². The molecular formula is C66H127N2O17P. The molecule has 0 aromatic heterocycles. The van der Waals surface area contributed by atoms with E-state index in [1.165, 1.54) is 135 Å². The summed E-state index contributed by atoms with van der Waals surface area (Å²) in [5, 5.41) is 61.7. The number of esters is 1. The highest BCUT2D eigenvalue weighted by atomic mass is 31.2. The van der Waals surface area contributed by atoms with Gasteiger partial charge in [0.2, 0.25) is 11.8 Å². The molecule has 0 radical (unpaired) electrons. The fourth-order valence-corrected chi connectivity index (χ4v) is 12.3. The van der Waals surface area contributed by atoms with Crippen LogP contribution in [-0.2, 0) is 47.2 Å². The van der Waals surface area contributed by atoms with Gasteiger partial charge in [-0.3, -0.25) is 18.9 Å². The molecule has 20 heteroatoms. The van der Waals surface area contributed by atoms with Crippen molar-refractivity contribution in [3.8, 4) is 0 Å². The minimum atomic E-state index is -5.32. The van der Waals surface area contributed by atoms with Gasteiger partial charge in [0.25, 0.3) is 0 Å². The van der Waals surface area contributed by atoms with Crippen LogP contribution in [0.2, 0.25) is 0 Å². The lowest BCUT2D eigenvalue weighted by atomic mass is 9.95. The van der Waals surface area contributed by atoms with Gasteiger partial charge in [0, 0.05) is 13.0 Å². The van der Waals surface area contributed by atoms with E-state index in [4.69, 9.17) is 28.2 Å². The number of phosphoric acid groups is 1. The Balaban J connectivity index is 2.24. The molecule has 2 aliphatic rings. The molecule has 2 fully saturated rings. The molecule has 86 heavy (non-hydrogen) atoms. The van der Waals surface area contributed by atoms with E-state index in [0.29, 0.717) is 32.1 Å². The Morgan fingerprint density at radius 2 is 0.860 bits per heavy atom. The predicted octanol–water partition coefficient (Wildman–Crippen LogP) is 12.5. The summed E-state index contributed by atoms with van der Waals surface area (Å²) in [7, 11) is -5.32. The lowest BCUT2D eigenvalue weighted by Crippen LogP contribution is -2.67. The van der Waals surface area contributed by atoms with E-state index in [1.54, 1.807) is 0 Å². The maximum Gasteiger partial charge on any atom is 0.470 e. The summed E-state index contributed by atoms with van der Waals surface area (Å²) in [6, 6.07) is -2.86. The van der Waals surface area contributed by atoms with Crippen LogP contribution in [0, 0.1) is 0 Å². The molecule has 2 amide bonds. The first-order valence-corrected chi connectivity index (χ1v) is 36.5. The van der Waals surface area contributed by atoms with Crippen LogP contribution >= 0.6 is 7.82 Å². The number of hydrogen-bond donors (Lipinski definition) is 9. The van der Waals surface area contributed by atoms with Crippen molar-refractivity contribution in [1.82, 2.24) is 10.6 Å². The van der Waals surface area contributed by atoms with Crippen molar-refractivity contribution in [3.63, 3.8) is 0 Å². The molecule has 0 aliphatic carbocycles. The van der Waals surface area contributed by atoms with Crippen molar-refractivity contribution in [1.29, 1.82) is 0 Å². The molecule has 0 aromatic rings. The van der Waals surface area contributed by atoms with Crippen LogP contribution in [0.3, 0.4) is 0 Å². The molecule has 2 rings (SSSR count). The Morgan fingerprint density at radius 1 is 0.477 bits per heavy atom. The van der Waals surface area contributed by atoms with Crippen LogP contribution in [-0.4, -0.2) is 146 Å². The van der Waals surface area contributed by atoms with Gasteiger partial charge >= 0.3 is 13.8 Å². The van der Waals surface area contributed by atoms with Gasteiger partial charge in [-0.1, -0.05) is 259 Å². The van der Waals surface area contributed by atoms with Gasteiger partial charge < -0.3 is 69.6 Å². The first kappa shape index (κ1) is 80.3. The molecule has 0 saturated carbocycles. The van der Waals surface area contributed by atoms with Gasteiger partial charge in [0.1, 0.15) is 54.8 Å². The topological polar surface area (TPSA) is 289 Å². The molecule has 19 nitrogen and oxygen atoms in total. The third kappa shape index (κ3) is 38.8. The van der Waals surface area contributed by atoms with Crippen LogP contribution in [0.1, 0.15) is 310 Å². The molecule has 2 heterocycles. The summed E-state index contributed by atoms with van der Waals surface area (Å²) in [4.78, 5) is 60.6. The third-order valence-electron chi connectivity index (χ3n) is 17.1. The standard InChI is InChI=1S/C66H127N2O17P/c1-5-9-13-17-21-25-26-27-31-35-39-43-47-80-65-59(67-56(71)48-52(70)44-40-36-32-28-22-18-14-10-6-2)62(75)61(74)55(84-65)51-81-66-60(63(76)64(54(50-69)83-66)85-86(77,78)79)68-57(72)49-53(45-41-37-33-29-23-19-15-11-7-3)82-58(73)46-42-38-34-30-24-20-16-12-8-4/h52-55,59-66,69-70,74-76H,5-51H2,1-4H3,(H,67,71)(H,68,72)(H2,77,78,79)/t52-,53-,54-,55-,59-,60-,61-,62-,63-,64-,65-,66-/m1/s1. The average Bonchev–Trinajstić information content (AvgIpc) is 1.30. The van der Waals surface area contributed by atoms with E-state index < -0.39 is 112 Å². The third-order valence-corrected chi connectivity index (χ3v) is 17.6. The Morgan fingerprint density at radius 3 is 1.31 bits per heavy atom. The number of aliphatic hydroxyl groups is 5. The largest absolute Gasteiger partial charge is 0.470 e. The lowest BCUT2D eigenvalue weighted by Gasteiger charge is -2.45. The summed E-state index contributed by atoms with van der Waals surface area (Å²) in [6.07, 6.45) is 28.6. The van der Waals surface area contributed by atoms with Gasteiger partial charge in [-0.15, -0.1) is 0 Å². The van der Waals surface area contributed by atoms with E-state index in [9.17, 15) is 54.3 Å². The second-order valence-electron chi connectivity index (χ2n) is 25.1. The maximum absolute atomic E-state index is 14.1. The van der Waals surface area contributed by atoms with Gasteiger partial charge in [-0.25, -0.2) is 4.57 Å². The fourth-order valence-electron chi connectivity index (χ4n) is 11.8. The van der Waals surface area contributed by atoms with E-state index in [2.05, 4.69) is 38.3 Å². The van der Waals surface area contributed by atoms with Gasteiger partial charge in [0.05, 0.1) is 32.2 Å². The van der Waals surface area contributed by atoms with Crippen LogP contribution < -0.4 is 10.6 Å². The first-order valence-electron chi connectivity index (χ1n) is 35.0. The van der Waals surface area contributed by atoms with Crippen molar-refractivity contribution in [2.24, 2.45) is 0 Å². The number of carbonyl (C=O) groups is 3. The minimum absolute atomic E-state index is 0.200. The predicted molar refractivity (Wildman–Crippen MR) is 337 cm³/mol. The quantitative estimate of drug-likeness (QED) is 0.0155. The minimum Gasteiger partial charge on any atom is -0.462 e. The Kier molecular flexibility index (Phi) is 48.3. The summed E-state index contributed by atoms with van der Waals surface area (Å²) >= 11 is 0. The summed E-state index contributed by atoms with van der Waals surface area (Å²) in [5.41, 5.74) is 0. The summed E-state index contributed by atoms with van der Waals surface area (Å²) in [6.45, 7) is 7.53. The highest BCUT2D eigenvalue weighted by molar-refractivity contribution is 7.46. The number of phosphoric ester groups is 1. The summed E-state index contributed by atoms with van der Waals surface area (Å²) in [5.74, 6) is -1.68. The molecule has 12 atom stereocenters. The molecule has 0 unspecified atom stereocenters. The number of hydrogen-bond acceptors (Lipinski definition) is 15. The van der Waals surface area contributed by atoms with Gasteiger partial charge in [-0.2, -0.15) is 0 Å². The van der Waals surface area contributed by atoms with Crippen molar-refractivity contribution >= 4 is 25.6 Å². The van der Waals surface area contributed by atoms with Crippen molar-refractivity contribution in [2.45, 2.75) is 384 Å². The normalized spacial score (nSPS) is 23.3. The van der Waals surface area contributed by atoms with Crippen molar-refractivity contribution in [3.05, 3.63) is 0 Å². The van der Waals surface area contributed by atoms with E-state index in [-0.39, 0.29) is 25.9 Å². The molecule has 9 N–H and O–H groups in total. The van der Waals surface area contributed by atoms with E-state index >= 15 is 0 Å². The fraction of sp³-hybridized carbons (Fsp3) is 0.955. The number of ether oxygens (including phenoxy) is 5. The SMILES string of the molecule is CCCCCCCCCCCCCCO[C@@H]1O[C@H](CO[C@@H]2O[C@H](CO)[C@@H](OP(=O)(O)O)[C@H](O)[C@H]2NC(=O)C[C@@H](CCCCCCCCCCC)OC(=O)CCCCCCCCCCC)[C@@H](O)[C@H](O)[C@H]1NC(=O)C[C@H](O)CCCCCCCCCCC. The number of carbonyl (C=O) groups excluding carboxylic acids is 3. The molecule has 508 valence electrons. The molecule has 2 aliphatic heterocycles. The Labute approximate surface area is 520 Å². The second-order valence-corrected chi connectivity index (χ2v) is 26.3. The lowest BCUT2D eigenvalue weighted by molar-refractivity contribution is -0.302.